The van der Waals surface area contributed by atoms with Crippen LogP contribution in [0.15, 0.2) is 66.1 Å². The van der Waals surface area contributed by atoms with Crippen molar-refractivity contribution in [1.29, 1.82) is 0 Å². The van der Waals surface area contributed by atoms with Crippen molar-refractivity contribution in [2.45, 2.75) is 31.2 Å². The van der Waals surface area contributed by atoms with Crippen molar-refractivity contribution < 1.29 is 18.0 Å². The first kappa shape index (κ1) is 22.3. The highest BCUT2D eigenvalue weighted by Gasteiger charge is 2.17. The lowest BCUT2D eigenvalue weighted by Gasteiger charge is -2.20. The van der Waals surface area contributed by atoms with Crippen LogP contribution in [0.3, 0.4) is 0 Å². The molecule has 154 valence electrons. The maximum absolute atomic E-state index is 12.5. The van der Waals surface area contributed by atoms with Crippen molar-refractivity contribution in [3.8, 4) is 0 Å². The van der Waals surface area contributed by atoms with Gasteiger partial charge in [-0.2, -0.15) is 0 Å². The summed E-state index contributed by atoms with van der Waals surface area (Å²) in [4.78, 5) is 24.6. The number of hydrogen-bond acceptors (Lipinski definition) is 4. The molecule has 0 saturated carbocycles. The predicted molar refractivity (Wildman–Crippen MR) is 113 cm³/mol. The second kappa shape index (κ2) is 9.02. The average Bonchev–Trinajstić information content (AvgIpc) is 2.65. The Morgan fingerprint density at radius 3 is 2.24 bits per heavy atom. The van der Waals surface area contributed by atoms with Crippen molar-refractivity contribution in [3.63, 3.8) is 0 Å². The first-order valence-electron chi connectivity index (χ1n) is 8.96. The molecule has 2 aromatic carbocycles. The Morgan fingerprint density at radius 1 is 1.00 bits per heavy atom. The van der Waals surface area contributed by atoms with Gasteiger partial charge >= 0.3 is 0 Å². The number of carbonyl (C=O) groups excluding carboxylic acids is 2. The van der Waals surface area contributed by atoms with Crippen LogP contribution in [0.25, 0.3) is 0 Å². The van der Waals surface area contributed by atoms with Crippen molar-refractivity contribution in [2.24, 2.45) is 0 Å². The molecule has 2 aromatic rings. The van der Waals surface area contributed by atoms with Gasteiger partial charge in [0.25, 0.3) is 11.8 Å². The third-order valence-electron chi connectivity index (χ3n) is 3.72. The van der Waals surface area contributed by atoms with Crippen molar-refractivity contribution >= 4 is 27.5 Å². The summed E-state index contributed by atoms with van der Waals surface area (Å²) in [7, 11) is -3.73. The maximum Gasteiger partial charge on any atom is 0.255 e. The molecule has 8 heteroatoms. The van der Waals surface area contributed by atoms with E-state index in [-0.39, 0.29) is 28.4 Å². The quantitative estimate of drug-likeness (QED) is 0.605. The van der Waals surface area contributed by atoms with Gasteiger partial charge < -0.3 is 10.6 Å². The normalized spacial score (nSPS) is 11.6. The Hall–Kier alpha value is -2.97. The van der Waals surface area contributed by atoms with Gasteiger partial charge in [-0.25, -0.2) is 13.1 Å². The zero-order valence-electron chi connectivity index (χ0n) is 16.7. The maximum atomic E-state index is 12.5. The van der Waals surface area contributed by atoms with Crippen molar-refractivity contribution in [3.05, 3.63) is 72.3 Å². The van der Waals surface area contributed by atoms with Gasteiger partial charge in [-0.15, -0.1) is 6.58 Å². The number of sulfonamides is 1. The zero-order valence-corrected chi connectivity index (χ0v) is 17.5. The summed E-state index contributed by atoms with van der Waals surface area (Å²) in [5.41, 5.74) is 0.802. The number of hydrogen-bond donors (Lipinski definition) is 3. The minimum Gasteiger partial charge on any atom is -0.347 e. The van der Waals surface area contributed by atoms with Gasteiger partial charge in [0.15, 0.2) is 0 Å². The van der Waals surface area contributed by atoms with Gasteiger partial charge in [0, 0.05) is 28.9 Å². The SMILES string of the molecule is C=CCNS(=O)(=O)c1cccc(C(=O)Nc2ccc(C(=O)NC(C)(C)C)cc2)c1. The molecule has 2 rings (SSSR count). The fourth-order valence-electron chi connectivity index (χ4n) is 2.38. The van der Waals surface area contributed by atoms with Crippen LogP contribution < -0.4 is 15.4 Å². The summed E-state index contributed by atoms with van der Waals surface area (Å²) >= 11 is 0. The molecule has 0 aliphatic rings. The van der Waals surface area contributed by atoms with Crippen LogP contribution in [0.5, 0.6) is 0 Å². The van der Waals surface area contributed by atoms with E-state index in [0.717, 1.165) is 0 Å². The second-order valence-electron chi connectivity index (χ2n) is 7.40. The Labute approximate surface area is 171 Å². The topological polar surface area (TPSA) is 104 Å². The minimum atomic E-state index is -3.73. The van der Waals surface area contributed by atoms with Gasteiger partial charge in [0.2, 0.25) is 10.0 Å². The van der Waals surface area contributed by atoms with Gasteiger partial charge in [-0.3, -0.25) is 9.59 Å². The van der Waals surface area contributed by atoms with Crippen LogP contribution in [0.2, 0.25) is 0 Å². The molecular weight excluding hydrogens is 390 g/mol. The molecule has 0 radical (unpaired) electrons. The zero-order chi connectivity index (χ0) is 21.7. The summed E-state index contributed by atoms with van der Waals surface area (Å²) in [5.74, 6) is -0.669. The lowest BCUT2D eigenvalue weighted by atomic mass is 10.1. The number of amides is 2. The van der Waals surface area contributed by atoms with Gasteiger partial charge in [-0.1, -0.05) is 12.1 Å². The van der Waals surface area contributed by atoms with Crippen LogP contribution in [-0.4, -0.2) is 32.3 Å². The van der Waals surface area contributed by atoms with Crippen LogP contribution >= 0.6 is 0 Å². The molecule has 29 heavy (non-hydrogen) atoms. The summed E-state index contributed by atoms with van der Waals surface area (Å²) in [6.45, 7) is 9.23. The predicted octanol–water partition coefficient (Wildman–Crippen LogP) is 2.93. The van der Waals surface area contributed by atoms with E-state index >= 15 is 0 Å². The Bertz CT molecular complexity index is 1010. The van der Waals surface area contributed by atoms with E-state index in [2.05, 4.69) is 21.9 Å². The fraction of sp³-hybridized carbons (Fsp3) is 0.238. The van der Waals surface area contributed by atoms with E-state index in [9.17, 15) is 18.0 Å². The molecule has 0 aliphatic heterocycles. The Kier molecular flexibility index (Phi) is 6.94. The van der Waals surface area contributed by atoms with Crippen LogP contribution in [-0.2, 0) is 10.0 Å². The summed E-state index contributed by atoms with van der Waals surface area (Å²) < 4.78 is 26.8. The van der Waals surface area contributed by atoms with E-state index < -0.39 is 15.9 Å². The lowest BCUT2D eigenvalue weighted by Crippen LogP contribution is -2.40. The number of carbonyl (C=O) groups is 2. The Balaban J connectivity index is 2.12. The highest BCUT2D eigenvalue weighted by Crippen LogP contribution is 2.15. The molecular formula is C21H25N3O4S. The Morgan fingerprint density at radius 2 is 1.66 bits per heavy atom. The lowest BCUT2D eigenvalue weighted by molar-refractivity contribution is 0.0919. The number of anilines is 1. The fourth-order valence-corrected chi connectivity index (χ4v) is 3.42. The summed E-state index contributed by atoms with van der Waals surface area (Å²) in [6.07, 6.45) is 1.43. The molecule has 0 aromatic heterocycles. The van der Waals surface area contributed by atoms with Crippen molar-refractivity contribution in [1.82, 2.24) is 10.0 Å². The molecule has 0 heterocycles. The average molecular weight is 416 g/mol. The highest BCUT2D eigenvalue weighted by atomic mass is 32.2. The largest absolute Gasteiger partial charge is 0.347 e. The number of rotatable bonds is 7. The van der Waals surface area contributed by atoms with Crippen LogP contribution in [0, 0.1) is 0 Å². The second-order valence-corrected chi connectivity index (χ2v) is 9.17. The molecule has 2 amide bonds. The molecule has 0 aliphatic carbocycles. The molecule has 0 saturated heterocycles. The molecule has 7 nitrogen and oxygen atoms in total. The van der Waals surface area contributed by atoms with E-state index in [1.165, 1.54) is 30.3 Å². The monoisotopic (exact) mass is 415 g/mol. The molecule has 0 unspecified atom stereocenters. The standard InChI is InChI=1S/C21H25N3O4S/c1-5-13-22-29(27,28)18-8-6-7-16(14-18)19(25)23-17-11-9-15(10-12-17)20(26)24-21(2,3)4/h5-12,14,22H,1,13H2,2-4H3,(H,23,25)(H,24,26). The molecule has 0 bridgehead atoms. The van der Waals surface area contributed by atoms with E-state index in [0.29, 0.717) is 11.3 Å². The van der Waals surface area contributed by atoms with Gasteiger partial charge in [0.05, 0.1) is 4.90 Å². The van der Waals surface area contributed by atoms with Gasteiger partial charge in [-0.05, 0) is 63.2 Å². The summed E-state index contributed by atoms with van der Waals surface area (Å²) in [6, 6.07) is 12.2. The van der Waals surface area contributed by atoms with E-state index in [4.69, 9.17) is 0 Å². The van der Waals surface area contributed by atoms with E-state index in [1.807, 2.05) is 20.8 Å². The number of benzene rings is 2. The molecule has 3 N–H and O–H groups in total. The molecule has 0 spiro atoms. The molecule has 0 fully saturated rings. The minimum absolute atomic E-state index is 0.0128. The summed E-state index contributed by atoms with van der Waals surface area (Å²) in [5, 5.41) is 5.55. The first-order valence-corrected chi connectivity index (χ1v) is 10.4. The molecule has 0 atom stereocenters. The smallest absolute Gasteiger partial charge is 0.255 e. The van der Waals surface area contributed by atoms with Gasteiger partial charge in [0.1, 0.15) is 0 Å². The third-order valence-corrected chi connectivity index (χ3v) is 5.14. The van der Waals surface area contributed by atoms with Crippen molar-refractivity contribution in [2.75, 3.05) is 11.9 Å². The van der Waals surface area contributed by atoms with Crippen LogP contribution in [0.1, 0.15) is 41.5 Å². The number of nitrogens with one attached hydrogen (secondary N) is 3. The van der Waals surface area contributed by atoms with E-state index in [1.54, 1.807) is 24.3 Å². The first-order chi connectivity index (χ1) is 13.5. The third kappa shape index (κ3) is 6.55. The highest BCUT2D eigenvalue weighted by molar-refractivity contribution is 7.89. The van der Waals surface area contributed by atoms with Crippen LogP contribution in [0.4, 0.5) is 5.69 Å².